The molecule has 0 saturated carbocycles. The molecule has 7 nitrogen and oxygen atoms in total. The van der Waals surface area contributed by atoms with Crippen LogP contribution in [0.15, 0.2) is 18.2 Å². The van der Waals surface area contributed by atoms with Gasteiger partial charge in [-0.1, -0.05) is 12.1 Å². The number of aryl methyl sites for hydroxylation is 2. The number of ether oxygens (including phenoxy) is 1. The van der Waals surface area contributed by atoms with Crippen LogP contribution in [0.3, 0.4) is 0 Å². The maximum absolute atomic E-state index is 11.9. The molecule has 0 radical (unpaired) electrons. The van der Waals surface area contributed by atoms with Crippen molar-refractivity contribution in [2.45, 2.75) is 39.3 Å². The lowest BCUT2D eigenvalue weighted by Gasteiger charge is -2.10. The van der Waals surface area contributed by atoms with Crippen LogP contribution in [0.5, 0.6) is 5.75 Å². The van der Waals surface area contributed by atoms with Gasteiger partial charge in [0.15, 0.2) is 0 Å². The van der Waals surface area contributed by atoms with E-state index in [-0.39, 0.29) is 6.03 Å². The SMILES string of the molecule is COc1ccc(CNC(=O)NCCc2nnc3n2CCC3)cc1C. The fourth-order valence-electron chi connectivity index (χ4n) is 2.98. The molecule has 2 N–H and O–H groups in total. The molecule has 0 saturated heterocycles. The minimum absolute atomic E-state index is 0.176. The van der Waals surface area contributed by atoms with Crippen LogP contribution in [0.2, 0.25) is 0 Å². The zero-order valence-electron chi connectivity index (χ0n) is 14.1. The minimum atomic E-state index is -0.176. The van der Waals surface area contributed by atoms with E-state index in [1.165, 1.54) is 0 Å². The van der Waals surface area contributed by atoms with Crippen molar-refractivity contribution in [2.75, 3.05) is 13.7 Å². The molecular formula is C17H23N5O2. The molecule has 1 aliphatic rings. The van der Waals surface area contributed by atoms with Crippen LogP contribution < -0.4 is 15.4 Å². The second kappa shape index (κ2) is 7.33. The Morgan fingerprint density at radius 1 is 1.33 bits per heavy atom. The summed E-state index contributed by atoms with van der Waals surface area (Å²) in [5.74, 6) is 2.86. The smallest absolute Gasteiger partial charge is 0.315 e. The molecule has 1 aliphatic heterocycles. The van der Waals surface area contributed by atoms with E-state index < -0.39 is 0 Å². The van der Waals surface area contributed by atoms with Crippen LogP contribution in [-0.4, -0.2) is 34.5 Å². The van der Waals surface area contributed by atoms with Crippen molar-refractivity contribution >= 4 is 6.03 Å². The van der Waals surface area contributed by atoms with Gasteiger partial charge in [0.25, 0.3) is 0 Å². The number of aromatic nitrogens is 3. The Kier molecular flexibility index (Phi) is 4.98. The number of hydrogen-bond acceptors (Lipinski definition) is 4. The molecular weight excluding hydrogens is 306 g/mol. The van der Waals surface area contributed by atoms with Gasteiger partial charge in [0, 0.05) is 32.5 Å². The van der Waals surface area contributed by atoms with Gasteiger partial charge in [0.05, 0.1) is 7.11 Å². The molecule has 0 spiro atoms. The van der Waals surface area contributed by atoms with E-state index in [0.717, 1.165) is 47.9 Å². The van der Waals surface area contributed by atoms with Gasteiger partial charge in [-0.2, -0.15) is 0 Å². The Bertz CT molecular complexity index is 726. The normalized spacial score (nSPS) is 12.8. The lowest BCUT2D eigenvalue weighted by Crippen LogP contribution is -2.36. The maximum atomic E-state index is 11.9. The number of nitrogens with one attached hydrogen (secondary N) is 2. The van der Waals surface area contributed by atoms with Crippen molar-refractivity contribution in [1.82, 2.24) is 25.4 Å². The van der Waals surface area contributed by atoms with Gasteiger partial charge in [-0.25, -0.2) is 4.79 Å². The largest absolute Gasteiger partial charge is 0.496 e. The minimum Gasteiger partial charge on any atom is -0.496 e. The average Bonchev–Trinajstić information content (AvgIpc) is 3.18. The number of hydrogen-bond donors (Lipinski definition) is 2. The van der Waals surface area contributed by atoms with Gasteiger partial charge in [-0.05, 0) is 30.5 Å². The molecule has 0 unspecified atom stereocenters. The Morgan fingerprint density at radius 3 is 3.00 bits per heavy atom. The van der Waals surface area contributed by atoms with Crippen LogP contribution in [0.25, 0.3) is 0 Å². The number of carbonyl (C=O) groups excluding carboxylic acids is 1. The van der Waals surface area contributed by atoms with Gasteiger partial charge >= 0.3 is 6.03 Å². The topological polar surface area (TPSA) is 81.1 Å². The van der Waals surface area contributed by atoms with Gasteiger partial charge < -0.3 is 19.9 Å². The molecule has 7 heteroatoms. The van der Waals surface area contributed by atoms with Crippen LogP contribution in [-0.2, 0) is 25.9 Å². The van der Waals surface area contributed by atoms with Gasteiger partial charge in [-0.3, -0.25) is 0 Å². The highest BCUT2D eigenvalue weighted by atomic mass is 16.5. The van der Waals surface area contributed by atoms with E-state index >= 15 is 0 Å². The summed E-state index contributed by atoms with van der Waals surface area (Å²) < 4.78 is 7.39. The third kappa shape index (κ3) is 3.67. The zero-order valence-corrected chi connectivity index (χ0v) is 14.1. The molecule has 2 amide bonds. The summed E-state index contributed by atoms with van der Waals surface area (Å²) in [5.41, 5.74) is 2.09. The van der Waals surface area contributed by atoms with Gasteiger partial charge in [-0.15, -0.1) is 10.2 Å². The van der Waals surface area contributed by atoms with Crippen molar-refractivity contribution in [3.63, 3.8) is 0 Å². The molecule has 3 rings (SSSR count). The quantitative estimate of drug-likeness (QED) is 0.843. The molecule has 2 aromatic rings. The second-order valence-corrected chi connectivity index (χ2v) is 5.95. The molecule has 128 valence electrons. The maximum Gasteiger partial charge on any atom is 0.315 e. The molecule has 0 atom stereocenters. The summed E-state index contributed by atoms with van der Waals surface area (Å²) in [6.45, 7) is 4.00. The lowest BCUT2D eigenvalue weighted by molar-refractivity contribution is 0.240. The monoisotopic (exact) mass is 329 g/mol. The number of fused-ring (bicyclic) bond motifs is 1. The molecule has 1 aromatic carbocycles. The highest BCUT2D eigenvalue weighted by Crippen LogP contribution is 2.18. The average molecular weight is 329 g/mol. The van der Waals surface area contributed by atoms with Crippen LogP contribution in [0.4, 0.5) is 4.79 Å². The predicted octanol–water partition coefficient (Wildman–Crippen LogP) is 1.58. The fourth-order valence-corrected chi connectivity index (χ4v) is 2.98. The van der Waals surface area contributed by atoms with Gasteiger partial charge in [0.1, 0.15) is 17.4 Å². The highest BCUT2D eigenvalue weighted by Gasteiger charge is 2.16. The summed E-state index contributed by atoms with van der Waals surface area (Å²) in [5, 5.41) is 14.1. The van der Waals surface area contributed by atoms with Crippen LogP contribution >= 0.6 is 0 Å². The van der Waals surface area contributed by atoms with Crippen LogP contribution in [0.1, 0.15) is 29.2 Å². The third-order valence-electron chi connectivity index (χ3n) is 4.23. The number of benzene rings is 1. The number of methoxy groups -OCH3 is 1. The van der Waals surface area contributed by atoms with Crippen molar-refractivity contribution < 1.29 is 9.53 Å². The molecule has 24 heavy (non-hydrogen) atoms. The summed E-state index contributed by atoms with van der Waals surface area (Å²) in [6, 6.07) is 5.70. The van der Waals surface area contributed by atoms with Gasteiger partial charge in [0.2, 0.25) is 0 Å². The first kappa shape index (κ1) is 16.3. The number of rotatable bonds is 6. The molecule has 0 aliphatic carbocycles. The second-order valence-electron chi connectivity index (χ2n) is 5.95. The summed E-state index contributed by atoms with van der Waals surface area (Å²) in [4.78, 5) is 11.9. The Hall–Kier alpha value is -2.57. The first-order valence-corrected chi connectivity index (χ1v) is 8.23. The van der Waals surface area contributed by atoms with Crippen molar-refractivity contribution in [3.8, 4) is 5.75 Å². The summed E-state index contributed by atoms with van der Waals surface area (Å²) in [7, 11) is 1.65. The number of amides is 2. The summed E-state index contributed by atoms with van der Waals surface area (Å²) in [6.07, 6.45) is 2.83. The Morgan fingerprint density at radius 2 is 2.21 bits per heavy atom. The van der Waals surface area contributed by atoms with E-state index in [0.29, 0.717) is 19.5 Å². The standard InChI is InChI=1S/C17H23N5O2/c1-12-10-13(5-6-14(12)24-2)11-19-17(23)18-8-7-16-21-20-15-4-3-9-22(15)16/h5-6,10H,3-4,7-9,11H2,1-2H3,(H2,18,19,23). The number of carbonyl (C=O) groups is 1. The van der Waals surface area contributed by atoms with E-state index in [1.54, 1.807) is 7.11 Å². The molecule has 0 bridgehead atoms. The van der Waals surface area contributed by atoms with Crippen molar-refractivity contribution in [1.29, 1.82) is 0 Å². The van der Waals surface area contributed by atoms with E-state index in [2.05, 4.69) is 25.4 Å². The van der Waals surface area contributed by atoms with Crippen molar-refractivity contribution in [3.05, 3.63) is 41.0 Å². The Labute approximate surface area is 141 Å². The Balaban J connectivity index is 1.42. The van der Waals surface area contributed by atoms with E-state index in [4.69, 9.17) is 4.74 Å². The molecule has 0 fully saturated rings. The highest BCUT2D eigenvalue weighted by molar-refractivity contribution is 5.73. The predicted molar refractivity (Wildman–Crippen MR) is 90.0 cm³/mol. The molecule has 1 aromatic heterocycles. The summed E-state index contributed by atoms with van der Waals surface area (Å²) >= 11 is 0. The van der Waals surface area contributed by atoms with E-state index in [1.807, 2.05) is 25.1 Å². The van der Waals surface area contributed by atoms with Crippen LogP contribution in [0, 0.1) is 6.92 Å². The first-order chi connectivity index (χ1) is 11.7. The molecule has 2 heterocycles. The fraction of sp³-hybridized carbons (Fsp3) is 0.471. The first-order valence-electron chi connectivity index (χ1n) is 8.23. The van der Waals surface area contributed by atoms with Crippen molar-refractivity contribution in [2.24, 2.45) is 0 Å². The third-order valence-corrected chi connectivity index (χ3v) is 4.23. The lowest BCUT2D eigenvalue weighted by atomic mass is 10.1. The van der Waals surface area contributed by atoms with E-state index in [9.17, 15) is 4.79 Å². The number of urea groups is 1. The zero-order chi connectivity index (χ0) is 16.9. The number of nitrogens with zero attached hydrogens (tertiary/aromatic N) is 3.